The van der Waals surface area contributed by atoms with E-state index in [1.807, 2.05) is 67.7 Å². The fourth-order valence-electron chi connectivity index (χ4n) is 3.96. The van der Waals surface area contributed by atoms with Crippen LogP contribution in [0.4, 0.5) is 0 Å². The molecule has 1 unspecified atom stereocenters. The highest BCUT2D eigenvalue weighted by atomic mass is 16.5. The van der Waals surface area contributed by atoms with Crippen LogP contribution >= 0.6 is 0 Å². The maximum Gasteiger partial charge on any atom is 0.213 e. The minimum atomic E-state index is 0.508. The van der Waals surface area contributed by atoms with Crippen LogP contribution in [0.25, 0.3) is 0 Å². The van der Waals surface area contributed by atoms with Gasteiger partial charge in [0.15, 0.2) is 5.96 Å². The summed E-state index contributed by atoms with van der Waals surface area (Å²) in [6.07, 6.45) is 2.90. The van der Waals surface area contributed by atoms with Crippen LogP contribution in [-0.2, 0) is 24.5 Å². The Bertz CT molecular complexity index is 1010. The second-order valence-corrected chi connectivity index (χ2v) is 8.28. The first kappa shape index (κ1) is 22.8. The van der Waals surface area contributed by atoms with Crippen molar-refractivity contribution in [1.29, 1.82) is 0 Å². The summed E-state index contributed by atoms with van der Waals surface area (Å²) < 4.78 is 11.8. The highest BCUT2D eigenvalue weighted by molar-refractivity contribution is 5.80. The van der Waals surface area contributed by atoms with Crippen molar-refractivity contribution in [3.63, 3.8) is 0 Å². The van der Waals surface area contributed by atoms with Crippen molar-refractivity contribution in [1.82, 2.24) is 15.2 Å². The monoisotopic (exact) mass is 444 g/mol. The Balaban J connectivity index is 1.21. The molecule has 1 saturated heterocycles. The van der Waals surface area contributed by atoms with Crippen LogP contribution in [-0.4, -0.2) is 42.6 Å². The molecule has 6 heteroatoms. The van der Waals surface area contributed by atoms with Crippen molar-refractivity contribution in [2.24, 2.45) is 10.9 Å². The lowest BCUT2D eigenvalue weighted by molar-refractivity contribution is 0.0906. The van der Waals surface area contributed by atoms with Gasteiger partial charge in [-0.2, -0.15) is 0 Å². The number of likely N-dealkylation sites (tertiary alicyclic amines) is 1. The van der Waals surface area contributed by atoms with Crippen LogP contribution in [0.2, 0.25) is 0 Å². The van der Waals surface area contributed by atoms with Crippen molar-refractivity contribution in [3.8, 4) is 5.88 Å². The molecule has 4 rings (SSSR count). The van der Waals surface area contributed by atoms with E-state index >= 15 is 0 Å². The van der Waals surface area contributed by atoms with Crippen LogP contribution in [0.5, 0.6) is 5.88 Å². The molecule has 6 nitrogen and oxygen atoms in total. The van der Waals surface area contributed by atoms with E-state index in [1.54, 1.807) is 6.20 Å². The van der Waals surface area contributed by atoms with E-state index in [0.29, 0.717) is 31.6 Å². The summed E-state index contributed by atoms with van der Waals surface area (Å²) in [5, 5.41) is 3.48. The number of rotatable bonds is 9. The maximum atomic E-state index is 5.95. The number of hydrogen-bond acceptors (Lipinski definition) is 4. The van der Waals surface area contributed by atoms with Gasteiger partial charge in [-0.25, -0.2) is 4.98 Å². The molecule has 0 bridgehead atoms. The molecule has 0 aliphatic carbocycles. The smallest absolute Gasteiger partial charge is 0.213 e. The summed E-state index contributed by atoms with van der Waals surface area (Å²) in [4.78, 5) is 11.1. The van der Waals surface area contributed by atoms with Gasteiger partial charge < -0.3 is 19.7 Å². The predicted molar refractivity (Wildman–Crippen MR) is 131 cm³/mol. The van der Waals surface area contributed by atoms with E-state index in [-0.39, 0.29) is 0 Å². The normalized spacial score (nSPS) is 16.1. The van der Waals surface area contributed by atoms with Crippen molar-refractivity contribution >= 4 is 5.96 Å². The molecule has 2 heterocycles. The second kappa shape index (κ2) is 12.0. The van der Waals surface area contributed by atoms with Crippen molar-refractivity contribution in [2.75, 3.05) is 26.7 Å². The zero-order chi connectivity index (χ0) is 22.7. The number of aliphatic imine (C=N–C) groups is 1. The van der Waals surface area contributed by atoms with Crippen molar-refractivity contribution in [2.45, 2.75) is 26.2 Å². The molecule has 0 amide bonds. The summed E-state index contributed by atoms with van der Waals surface area (Å²) >= 11 is 0. The Hall–Kier alpha value is -3.38. The molecule has 1 aromatic heterocycles. The van der Waals surface area contributed by atoms with Gasteiger partial charge in [-0.1, -0.05) is 60.7 Å². The lowest BCUT2D eigenvalue weighted by atomic mass is 10.1. The highest BCUT2D eigenvalue weighted by Crippen LogP contribution is 2.18. The molecule has 0 saturated carbocycles. The van der Waals surface area contributed by atoms with E-state index in [9.17, 15) is 0 Å². The maximum absolute atomic E-state index is 5.95. The van der Waals surface area contributed by atoms with Crippen LogP contribution in [0.15, 0.2) is 84.0 Å². The minimum Gasteiger partial charge on any atom is -0.473 e. The Morgan fingerprint density at radius 1 is 1.00 bits per heavy atom. The summed E-state index contributed by atoms with van der Waals surface area (Å²) in [6, 6.07) is 24.4. The Morgan fingerprint density at radius 2 is 1.73 bits per heavy atom. The molecule has 0 spiro atoms. The van der Waals surface area contributed by atoms with Crippen LogP contribution in [0, 0.1) is 5.92 Å². The molecule has 172 valence electrons. The molecule has 0 radical (unpaired) electrons. The van der Waals surface area contributed by atoms with Gasteiger partial charge in [0.05, 0.1) is 13.2 Å². The lowest BCUT2D eigenvalue weighted by Gasteiger charge is -2.22. The van der Waals surface area contributed by atoms with Crippen LogP contribution in [0.3, 0.4) is 0 Å². The van der Waals surface area contributed by atoms with E-state index in [4.69, 9.17) is 9.47 Å². The quantitative estimate of drug-likeness (QED) is 0.394. The van der Waals surface area contributed by atoms with Crippen molar-refractivity contribution < 1.29 is 9.47 Å². The number of benzene rings is 2. The van der Waals surface area contributed by atoms with Gasteiger partial charge >= 0.3 is 0 Å². The Kier molecular flexibility index (Phi) is 8.30. The van der Waals surface area contributed by atoms with E-state index in [1.165, 1.54) is 5.56 Å². The van der Waals surface area contributed by atoms with Gasteiger partial charge in [0, 0.05) is 44.9 Å². The first-order chi connectivity index (χ1) is 16.3. The molecule has 1 fully saturated rings. The fourth-order valence-corrected chi connectivity index (χ4v) is 3.96. The summed E-state index contributed by atoms with van der Waals surface area (Å²) in [5.74, 6) is 2.07. The van der Waals surface area contributed by atoms with Crippen LogP contribution in [0.1, 0.15) is 23.1 Å². The zero-order valence-corrected chi connectivity index (χ0v) is 19.2. The fraction of sp³-hybridized carbons (Fsp3) is 0.333. The summed E-state index contributed by atoms with van der Waals surface area (Å²) in [5.41, 5.74) is 3.45. The third kappa shape index (κ3) is 7.05. The molecule has 1 atom stereocenters. The first-order valence-corrected chi connectivity index (χ1v) is 11.5. The topological polar surface area (TPSA) is 59.0 Å². The number of nitrogens with zero attached hydrogens (tertiary/aromatic N) is 3. The Labute approximate surface area is 196 Å². The lowest BCUT2D eigenvalue weighted by Crippen LogP contribution is -2.39. The molecule has 3 aromatic rings. The second-order valence-electron chi connectivity index (χ2n) is 8.28. The number of hydrogen-bond donors (Lipinski definition) is 1. The third-order valence-electron chi connectivity index (χ3n) is 5.74. The molecule has 1 aliphatic heterocycles. The number of guanidine groups is 1. The number of ether oxygens (including phenoxy) is 2. The minimum absolute atomic E-state index is 0.508. The number of nitrogens with one attached hydrogen (secondary N) is 1. The van der Waals surface area contributed by atoms with Gasteiger partial charge in [0.2, 0.25) is 5.88 Å². The molecule has 1 N–H and O–H groups in total. The van der Waals surface area contributed by atoms with Crippen LogP contribution < -0.4 is 10.1 Å². The predicted octanol–water partition coefficient (Wildman–Crippen LogP) is 4.27. The Morgan fingerprint density at radius 3 is 2.45 bits per heavy atom. The molecule has 2 aromatic carbocycles. The molecular weight excluding hydrogens is 412 g/mol. The van der Waals surface area contributed by atoms with Crippen molar-refractivity contribution in [3.05, 3.63) is 95.7 Å². The number of aromatic nitrogens is 1. The summed E-state index contributed by atoms with van der Waals surface area (Å²) in [6.45, 7) is 4.56. The standard InChI is InChI=1S/C27H32N4O2/c1-28-27(31-15-13-25(18-31)20-32-19-22-8-4-2-5-9-22)30-17-24-12-14-29-26(16-24)33-21-23-10-6-3-7-11-23/h2-12,14,16,25H,13,15,17-21H2,1H3,(H,28,30). The van der Waals surface area contributed by atoms with Gasteiger partial charge in [0.25, 0.3) is 0 Å². The average molecular weight is 445 g/mol. The van der Waals surface area contributed by atoms with Gasteiger partial charge in [-0.15, -0.1) is 0 Å². The first-order valence-electron chi connectivity index (χ1n) is 11.5. The SMILES string of the molecule is CN=C(NCc1ccnc(OCc2ccccc2)c1)N1CCC(COCc2ccccc2)C1. The van der Waals surface area contributed by atoms with E-state index in [0.717, 1.165) is 43.2 Å². The zero-order valence-electron chi connectivity index (χ0n) is 19.2. The van der Waals surface area contributed by atoms with E-state index in [2.05, 4.69) is 32.3 Å². The van der Waals surface area contributed by atoms with Gasteiger partial charge in [-0.3, -0.25) is 4.99 Å². The molecule has 33 heavy (non-hydrogen) atoms. The molecular formula is C27H32N4O2. The highest BCUT2D eigenvalue weighted by Gasteiger charge is 2.25. The van der Waals surface area contributed by atoms with E-state index < -0.39 is 0 Å². The largest absolute Gasteiger partial charge is 0.473 e. The third-order valence-corrected chi connectivity index (χ3v) is 5.74. The average Bonchev–Trinajstić information content (AvgIpc) is 3.33. The molecule has 1 aliphatic rings. The number of pyridine rings is 1. The summed E-state index contributed by atoms with van der Waals surface area (Å²) in [7, 11) is 1.84. The van der Waals surface area contributed by atoms with Gasteiger partial charge in [-0.05, 0) is 29.2 Å². The van der Waals surface area contributed by atoms with Gasteiger partial charge in [0.1, 0.15) is 6.61 Å².